The van der Waals surface area contributed by atoms with Crippen LogP contribution in [0.15, 0.2) is 12.2 Å². The first-order valence-electron chi connectivity index (χ1n) is 4.51. The van der Waals surface area contributed by atoms with E-state index in [9.17, 15) is 13.2 Å². The van der Waals surface area contributed by atoms with Crippen molar-refractivity contribution in [1.82, 2.24) is 4.31 Å². The van der Waals surface area contributed by atoms with Gasteiger partial charge < -0.3 is 0 Å². The molecule has 0 aromatic rings. The summed E-state index contributed by atoms with van der Waals surface area (Å²) in [5, 5.41) is 0. The van der Waals surface area contributed by atoms with Crippen molar-refractivity contribution in [3.05, 3.63) is 12.2 Å². The van der Waals surface area contributed by atoms with Gasteiger partial charge in [0.1, 0.15) is 6.04 Å². The van der Waals surface area contributed by atoms with Gasteiger partial charge in [0.15, 0.2) is 5.78 Å². The van der Waals surface area contributed by atoms with Crippen molar-refractivity contribution < 1.29 is 13.2 Å². The van der Waals surface area contributed by atoms with Gasteiger partial charge in [0, 0.05) is 12.5 Å². The van der Waals surface area contributed by atoms with E-state index in [2.05, 4.69) is 0 Å². The normalized spacial score (nSPS) is 23.3. The standard InChI is InChI=1S/C9H15NO3S/c1-7(2)9(11)8-5-4-6-10(8)14(3,12)13/h4-5,7-8H,6H2,1-3H3. The summed E-state index contributed by atoms with van der Waals surface area (Å²) in [4.78, 5) is 11.6. The van der Waals surface area contributed by atoms with Crippen LogP contribution >= 0.6 is 0 Å². The molecular formula is C9H15NO3S. The van der Waals surface area contributed by atoms with Gasteiger partial charge in [-0.2, -0.15) is 4.31 Å². The molecule has 1 aliphatic rings. The zero-order valence-corrected chi connectivity index (χ0v) is 9.41. The second-order valence-corrected chi connectivity index (χ2v) is 5.70. The Bertz CT molecular complexity index is 356. The number of rotatable bonds is 3. The highest BCUT2D eigenvalue weighted by Crippen LogP contribution is 2.17. The highest BCUT2D eigenvalue weighted by molar-refractivity contribution is 7.88. The second kappa shape index (κ2) is 3.82. The van der Waals surface area contributed by atoms with E-state index < -0.39 is 16.1 Å². The molecule has 5 heteroatoms. The number of ketones is 1. The van der Waals surface area contributed by atoms with Crippen LogP contribution in [0.1, 0.15) is 13.8 Å². The molecule has 0 saturated heterocycles. The third kappa shape index (κ3) is 2.22. The van der Waals surface area contributed by atoms with Gasteiger partial charge in [0.2, 0.25) is 10.0 Å². The van der Waals surface area contributed by atoms with Gasteiger partial charge >= 0.3 is 0 Å². The lowest BCUT2D eigenvalue weighted by Gasteiger charge is -2.21. The summed E-state index contributed by atoms with van der Waals surface area (Å²) in [7, 11) is -3.28. The zero-order valence-electron chi connectivity index (χ0n) is 8.60. The van der Waals surface area contributed by atoms with Crippen molar-refractivity contribution in [3.63, 3.8) is 0 Å². The van der Waals surface area contributed by atoms with Gasteiger partial charge in [-0.15, -0.1) is 0 Å². The average molecular weight is 217 g/mol. The van der Waals surface area contributed by atoms with E-state index in [1.54, 1.807) is 26.0 Å². The van der Waals surface area contributed by atoms with E-state index >= 15 is 0 Å². The predicted molar refractivity (Wildman–Crippen MR) is 54.3 cm³/mol. The third-order valence-electron chi connectivity index (χ3n) is 2.20. The lowest BCUT2D eigenvalue weighted by atomic mass is 10.0. The van der Waals surface area contributed by atoms with Crippen LogP contribution in [-0.2, 0) is 14.8 Å². The largest absolute Gasteiger partial charge is 0.297 e. The molecule has 0 bridgehead atoms. The molecule has 14 heavy (non-hydrogen) atoms. The fraction of sp³-hybridized carbons (Fsp3) is 0.667. The summed E-state index contributed by atoms with van der Waals surface area (Å²) in [5.41, 5.74) is 0. The molecule has 0 aromatic carbocycles. The summed E-state index contributed by atoms with van der Waals surface area (Å²) < 4.78 is 23.8. The first-order chi connectivity index (χ1) is 6.34. The Morgan fingerprint density at radius 3 is 2.50 bits per heavy atom. The second-order valence-electron chi connectivity index (χ2n) is 3.76. The molecule has 1 rings (SSSR count). The van der Waals surface area contributed by atoms with Crippen LogP contribution in [0.25, 0.3) is 0 Å². The van der Waals surface area contributed by atoms with E-state index in [0.717, 1.165) is 6.26 Å². The SMILES string of the molecule is CC(C)C(=O)C1C=CCN1S(C)(=O)=O. The Balaban J connectivity index is 2.89. The predicted octanol–water partition coefficient (Wildman–Crippen LogP) is 0.411. The molecule has 0 fully saturated rings. The minimum absolute atomic E-state index is 0.0517. The molecule has 1 aliphatic heterocycles. The molecule has 1 unspecified atom stereocenters. The van der Waals surface area contributed by atoms with Gasteiger partial charge in [-0.1, -0.05) is 26.0 Å². The molecule has 1 atom stereocenters. The van der Waals surface area contributed by atoms with Gasteiger partial charge in [-0.05, 0) is 0 Å². The molecule has 0 aliphatic carbocycles. The minimum atomic E-state index is -3.28. The average Bonchev–Trinajstić information content (AvgIpc) is 2.48. The highest BCUT2D eigenvalue weighted by Gasteiger charge is 2.33. The first-order valence-corrected chi connectivity index (χ1v) is 6.36. The Morgan fingerprint density at radius 1 is 1.50 bits per heavy atom. The molecule has 0 aromatic heterocycles. The Hall–Kier alpha value is -0.680. The summed E-state index contributed by atoms with van der Waals surface area (Å²) in [6, 6.07) is -0.593. The van der Waals surface area contributed by atoms with Crippen LogP contribution in [0.4, 0.5) is 0 Å². The topological polar surface area (TPSA) is 54.5 Å². The number of sulfonamides is 1. The molecule has 0 amide bonds. The van der Waals surface area contributed by atoms with Crippen LogP contribution in [0.3, 0.4) is 0 Å². The Morgan fingerprint density at radius 2 is 2.07 bits per heavy atom. The minimum Gasteiger partial charge on any atom is -0.297 e. The van der Waals surface area contributed by atoms with Crippen molar-refractivity contribution in [3.8, 4) is 0 Å². The van der Waals surface area contributed by atoms with Crippen molar-refractivity contribution >= 4 is 15.8 Å². The summed E-state index contributed by atoms with van der Waals surface area (Å²) in [6.45, 7) is 3.85. The number of Topliss-reactive ketones (excluding diaryl/α,β-unsaturated/α-hetero) is 1. The van der Waals surface area contributed by atoms with Crippen LogP contribution in [-0.4, -0.2) is 37.3 Å². The molecule has 0 spiro atoms. The number of nitrogens with zero attached hydrogens (tertiary/aromatic N) is 1. The zero-order chi connectivity index (χ0) is 10.9. The maximum atomic E-state index is 11.6. The molecule has 80 valence electrons. The highest BCUT2D eigenvalue weighted by atomic mass is 32.2. The van der Waals surface area contributed by atoms with E-state index in [4.69, 9.17) is 0 Å². The maximum Gasteiger partial charge on any atom is 0.212 e. The Kier molecular flexibility index (Phi) is 3.11. The van der Waals surface area contributed by atoms with Crippen LogP contribution < -0.4 is 0 Å². The number of carbonyl (C=O) groups excluding carboxylic acids is 1. The molecule has 0 saturated carbocycles. The summed E-state index contributed by atoms with van der Waals surface area (Å²) in [5.74, 6) is -0.198. The van der Waals surface area contributed by atoms with Gasteiger partial charge in [-0.3, -0.25) is 4.79 Å². The van der Waals surface area contributed by atoms with E-state index in [1.165, 1.54) is 4.31 Å². The molecule has 0 radical (unpaired) electrons. The fourth-order valence-corrected chi connectivity index (χ4v) is 2.37. The monoisotopic (exact) mass is 217 g/mol. The quantitative estimate of drug-likeness (QED) is 0.643. The Labute approximate surface area is 84.6 Å². The van der Waals surface area contributed by atoms with E-state index in [1.807, 2.05) is 0 Å². The van der Waals surface area contributed by atoms with Gasteiger partial charge in [0.05, 0.1) is 6.26 Å². The molecule has 0 N–H and O–H groups in total. The summed E-state index contributed by atoms with van der Waals surface area (Å²) in [6.07, 6.45) is 4.50. The lowest BCUT2D eigenvalue weighted by Crippen LogP contribution is -2.41. The summed E-state index contributed by atoms with van der Waals surface area (Å²) >= 11 is 0. The van der Waals surface area contributed by atoms with Crippen molar-refractivity contribution in [2.45, 2.75) is 19.9 Å². The molecule has 1 heterocycles. The third-order valence-corrected chi connectivity index (χ3v) is 3.43. The van der Waals surface area contributed by atoms with Crippen molar-refractivity contribution in [1.29, 1.82) is 0 Å². The maximum absolute atomic E-state index is 11.6. The van der Waals surface area contributed by atoms with Crippen LogP contribution in [0.2, 0.25) is 0 Å². The lowest BCUT2D eigenvalue weighted by molar-refractivity contribution is -0.124. The molecule has 4 nitrogen and oxygen atoms in total. The number of hydrogen-bond donors (Lipinski definition) is 0. The number of hydrogen-bond acceptors (Lipinski definition) is 3. The fourth-order valence-electron chi connectivity index (χ4n) is 1.42. The number of carbonyl (C=O) groups is 1. The van der Waals surface area contributed by atoms with Gasteiger partial charge in [-0.25, -0.2) is 8.42 Å². The molecular weight excluding hydrogens is 202 g/mol. The van der Waals surface area contributed by atoms with Crippen LogP contribution in [0.5, 0.6) is 0 Å². The van der Waals surface area contributed by atoms with Crippen molar-refractivity contribution in [2.24, 2.45) is 5.92 Å². The first kappa shape index (κ1) is 11.4. The van der Waals surface area contributed by atoms with E-state index in [-0.39, 0.29) is 11.7 Å². The van der Waals surface area contributed by atoms with Gasteiger partial charge in [0.25, 0.3) is 0 Å². The van der Waals surface area contributed by atoms with E-state index in [0.29, 0.717) is 6.54 Å². The smallest absolute Gasteiger partial charge is 0.212 e. The van der Waals surface area contributed by atoms with Crippen LogP contribution in [0, 0.1) is 5.92 Å². The van der Waals surface area contributed by atoms with Crippen molar-refractivity contribution in [2.75, 3.05) is 12.8 Å².